The molecule has 7 nitrogen and oxygen atoms in total. The van der Waals surface area contributed by atoms with Gasteiger partial charge in [-0.1, -0.05) is 18.2 Å². The maximum absolute atomic E-state index is 13.4. The van der Waals surface area contributed by atoms with Crippen LogP contribution in [0.2, 0.25) is 0 Å². The van der Waals surface area contributed by atoms with Crippen molar-refractivity contribution in [3.8, 4) is 0 Å². The van der Waals surface area contributed by atoms with Gasteiger partial charge in [0.1, 0.15) is 17.7 Å². The molecule has 0 aliphatic rings. The molecule has 0 radical (unpaired) electrons. The van der Waals surface area contributed by atoms with Crippen LogP contribution in [-0.2, 0) is 7.05 Å². The van der Waals surface area contributed by atoms with Gasteiger partial charge in [0.05, 0.1) is 6.26 Å². The third-order valence-electron chi connectivity index (χ3n) is 5.09. The molecule has 0 saturated heterocycles. The molecule has 2 amide bonds. The Morgan fingerprint density at radius 1 is 1.09 bits per heavy atom. The van der Waals surface area contributed by atoms with Crippen LogP contribution in [0.4, 0.5) is 10.1 Å². The first kappa shape index (κ1) is 21.0. The molecule has 4 aromatic rings. The maximum Gasteiger partial charge on any atom is 0.291 e. The number of nitrogens with one attached hydrogen (secondary N) is 2. The van der Waals surface area contributed by atoms with Crippen LogP contribution in [0.1, 0.15) is 43.9 Å². The summed E-state index contributed by atoms with van der Waals surface area (Å²) in [6.07, 6.45) is 4.82. The average Bonchev–Trinajstić information content (AvgIpc) is 3.46. The molecule has 1 atom stereocenters. The zero-order valence-corrected chi connectivity index (χ0v) is 17.5. The molecule has 0 bridgehead atoms. The fourth-order valence-corrected chi connectivity index (χ4v) is 3.31. The van der Waals surface area contributed by atoms with Gasteiger partial charge in [0.25, 0.3) is 11.8 Å². The molecular formula is C24H21FN4O3. The second-order valence-electron chi connectivity index (χ2n) is 7.32. The summed E-state index contributed by atoms with van der Waals surface area (Å²) in [5.74, 6) is -0.369. The van der Waals surface area contributed by atoms with Crippen molar-refractivity contribution in [1.29, 1.82) is 0 Å². The minimum absolute atomic E-state index is 0.172. The lowest BCUT2D eigenvalue weighted by atomic mass is 10.0. The number of furan rings is 1. The number of nitrogens with zero attached hydrogens (tertiary/aromatic N) is 2. The zero-order chi connectivity index (χ0) is 22.7. The van der Waals surface area contributed by atoms with Gasteiger partial charge in [0.15, 0.2) is 5.76 Å². The van der Waals surface area contributed by atoms with Gasteiger partial charge in [-0.3, -0.25) is 9.59 Å². The number of rotatable bonds is 6. The van der Waals surface area contributed by atoms with Crippen LogP contribution < -0.4 is 10.6 Å². The van der Waals surface area contributed by atoms with Gasteiger partial charge >= 0.3 is 0 Å². The van der Waals surface area contributed by atoms with Crippen molar-refractivity contribution in [2.24, 2.45) is 7.05 Å². The number of anilines is 1. The standard InChI is InChI=1S/C24H21FN4O3/c1-15-5-6-17(14-19(15)27-24(31)20-4-3-13-32-20)23(30)28-21(22-26-11-12-29(22)2)16-7-9-18(25)10-8-16/h3-14,21H,1-2H3,(H,27,31)(H,28,30). The van der Waals surface area contributed by atoms with E-state index in [1.807, 2.05) is 14.0 Å². The molecule has 0 spiro atoms. The highest BCUT2D eigenvalue weighted by molar-refractivity contribution is 6.04. The minimum atomic E-state index is -0.592. The van der Waals surface area contributed by atoms with E-state index in [4.69, 9.17) is 4.42 Å². The predicted octanol–water partition coefficient (Wildman–Crippen LogP) is 4.23. The van der Waals surface area contributed by atoms with Gasteiger partial charge in [-0.2, -0.15) is 0 Å². The van der Waals surface area contributed by atoms with Gasteiger partial charge in [-0.15, -0.1) is 0 Å². The molecule has 0 aliphatic heterocycles. The topological polar surface area (TPSA) is 89.2 Å². The number of benzene rings is 2. The first-order chi connectivity index (χ1) is 15.4. The smallest absolute Gasteiger partial charge is 0.291 e. The highest BCUT2D eigenvalue weighted by Crippen LogP contribution is 2.23. The lowest BCUT2D eigenvalue weighted by Crippen LogP contribution is -2.31. The maximum atomic E-state index is 13.4. The Morgan fingerprint density at radius 3 is 2.53 bits per heavy atom. The summed E-state index contributed by atoms with van der Waals surface area (Å²) in [6.45, 7) is 1.83. The molecule has 2 aromatic heterocycles. The molecule has 2 aromatic carbocycles. The molecule has 2 N–H and O–H groups in total. The van der Waals surface area contributed by atoms with Gasteiger partial charge in [0, 0.05) is 30.7 Å². The van der Waals surface area contributed by atoms with E-state index >= 15 is 0 Å². The molecule has 1 unspecified atom stereocenters. The Hall–Kier alpha value is -4.20. The van der Waals surface area contributed by atoms with Gasteiger partial charge < -0.3 is 19.6 Å². The first-order valence-electron chi connectivity index (χ1n) is 9.91. The van der Waals surface area contributed by atoms with Gasteiger partial charge in [-0.05, 0) is 54.4 Å². The van der Waals surface area contributed by atoms with Crippen molar-refractivity contribution in [1.82, 2.24) is 14.9 Å². The van der Waals surface area contributed by atoms with Crippen molar-refractivity contribution in [3.63, 3.8) is 0 Å². The summed E-state index contributed by atoms with van der Waals surface area (Å²) in [4.78, 5) is 29.8. The fraction of sp³-hybridized carbons (Fsp3) is 0.125. The van der Waals surface area contributed by atoms with Crippen LogP contribution in [-0.4, -0.2) is 21.4 Å². The summed E-state index contributed by atoms with van der Waals surface area (Å²) in [5.41, 5.74) is 2.33. The van der Waals surface area contributed by atoms with E-state index in [0.717, 1.165) is 5.56 Å². The van der Waals surface area contributed by atoms with E-state index in [9.17, 15) is 14.0 Å². The monoisotopic (exact) mass is 432 g/mol. The van der Waals surface area contributed by atoms with E-state index in [1.54, 1.807) is 59.4 Å². The number of imidazole rings is 1. The van der Waals surface area contributed by atoms with Crippen LogP contribution in [0.5, 0.6) is 0 Å². The quantitative estimate of drug-likeness (QED) is 0.477. The lowest BCUT2D eigenvalue weighted by Gasteiger charge is -2.20. The van der Waals surface area contributed by atoms with E-state index < -0.39 is 11.9 Å². The lowest BCUT2D eigenvalue weighted by molar-refractivity contribution is 0.0939. The Balaban J connectivity index is 1.60. The normalized spacial score (nSPS) is 11.7. The van der Waals surface area contributed by atoms with Crippen LogP contribution in [0, 0.1) is 12.7 Å². The van der Waals surface area contributed by atoms with E-state index in [0.29, 0.717) is 22.6 Å². The zero-order valence-electron chi connectivity index (χ0n) is 17.5. The van der Waals surface area contributed by atoms with Crippen LogP contribution in [0.15, 0.2) is 77.7 Å². The number of hydrogen-bond acceptors (Lipinski definition) is 4. The number of aromatic nitrogens is 2. The number of carbonyl (C=O) groups excluding carboxylic acids is 2. The number of amides is 2. The summed E-state index contributed by atoms with van der Waals surface area (Å²) < 4.78 is 20.3. The molecule has 4 rings (SSSR count). The first-order valence-corrected chi connectivity index (χ1v) is 9.91. The minimum Gasteiger partial charge on any atom is -0.459 e. The average molecular weight is 432 g/mol. The van der Waals surface area contributed by atoms with Crippen molar-refractivity contribution in [2.45, 2.75) is 13.0 Å². The van der Waals surface area contributed by atoms with Crippen molar-refractivity contribution in [2.75, 3.05) is 5.32 Å². The Kier molecular flexibility index (Phi) is 5.85. The molecule has 2 heterocycles. The second kappa shape index (κ2) is 8.89. The van der Waals surface area contributed by atoms with E-state index in [1.165, 1.54) is 18.4 Å². The summed E-state index contributed by atoms with van der Waals surface area (Å²) in [7, 11) is 1.82. The predicted molar refractivity (Wildman–Crippen MR) is 117 cm³/mol. The van der Waals surface area contributed by atoms with Crippen molar-refractivity contribution < 1.29 is 18.4 Å². The summed E-state index contributed by atoms with van der Waals surface area (Å²) >= 11 is 0. The van der Waals surface area contributed by atoms with Crippen LogP contribution in [0.3, 0.4) is 0 Å². The van der Waals surface area contributed by atoms with Gasteiger partial charge in [-0.25, -0.2) is 9.37 Å². The summed E-state index contributed by atoms with van der Waals surface area (Å²) in [6, 6.07) is 13.5. The molecule has 0 aliphatic carbocycles. The van der Waals surface area contributed by atoms with E-state index in [2.05, 4.69) is 15.6 Å². The Labute approximate surface area is 183 Å². The third-order valence-corrected chi connectivity index (χ3v) is 5.09. The molecule has 162 valence electrons. The SMILES string of the molecule is Cc1ccc(C(=O)NC(c2ccc(F)cc2)c2nccn2C)cc1NC(=O)c1ccco1. The van der Waals surface area contributed by atoms with Crippen molar-refractivity contribution >= 4 is 17.5 Å². The third kappa shape index (κ3) is 4.44. The van der Waals surface area contributed by atoms with Gasteiger partial charge in [0.2, 0.25) is 0 Å². The molecular weight excluding hydrogens is 411 g/mol. The molecule has 0 saturated carbocycles. The Morgan fingerprint density at radius 2 is 1.88 bits per heavy atom. The Bertz CT molecular complexity index is 1250. The number of carbonyl (C=O) groups is 2. The number of halogens is 1. The van der Waals surface area contributed by atoms with Crippen LogP contribution >= 0.6 is 0 Å². The number of hydrogen-bond donors (Lipinski definition) is 2. The summed E-state index contributed by atoms with van der Waals surface area (Å²) in [5, 5.41) is 5.73. The highest BCUT2D eigenvalue weighted by Gasteiger charge is 2.22. The largest absolute Gasteiger partial charge is 0.459 e. The molecule has 8 heteroatoms. The molecule has 32 heavy (non-hydrogen) atoms. The van der Waals surface area contributed by atoms with E-state index in [-0.39, 0.29) is 17.5 Å². The second-order valence-corrected chi connectivity index (χ2v) is 7.32. The number of aryl methyl sites for hydroxylation is 2. The molecule has 0 fully saturated rings. The van der Waals surface area contributed by atoms with Crippen molar-refractivity contribution in [3.05, 3.63) is 107 Å². The highest BCUT2D eigenvalue weighted by atomic mass is 19.1. The van der Waals surface area contributed by atoms with Crippen LogP contribution in [0.25, 0.3) is 0 Å². The fourth-order valence-electron chi connectivity index (χ4n) is 3.31.